The molecule has 136 valence electrons. The van der Waals surface area contributed by atoms with E-state index in [2.05, 4.69) is 52.3 Å². The highest BCUT2D eigenvalue weighted by atomic mass is 15.3. The van der Waals surface area contributed by atoms with Crippen LogP contribution in [-0.4, -0.2) is 24.7 Å². The molecule has 0 radical (unpaired) electrons. The minimum absolute atomic E-state index is 0.162. The number of nitrogens with zero attached hydrogens (tertiary/aromatic N) is 5. The van der Waals surface area contributed by atoms with Crippen LogP contribution in [0.5, 0.6) is 0 Å². The third-order valence-electron chi connectivity index (χ3n) is 4.52. The lowest BCUT2D eigenvalue weighted by Gasteiger charge is -2.16. The SMILES string of the molecule is CCCn1cc(CNC(C)c2cnc(-c3ccncc3)nc2C)c(C)n1. The summed E-state index contributed by atoms with van der Waals surface area (Å²) < 4.78 is 2.02. The molecular formula is C20H26N6. The van der Waals surface area contributed by atoms with Gasteiger partial charge in [0.15, 0.2) is 5.82 Å². The van der Waals surface area contributed by atoms with Crippen LogP contribution < -0.4 is 5.32 Å². The Morgan fingerprint density at radius 3 is 2.62 bits per heavy atom. The highest BCUT2D eigenvalue weighted by molar-refractivity contribution is 5.53. The standard InChI is InChI=1S/C20H26N6/c1-5-10-26-13-18(14(2)25-26)11-22-15(3)19-12-23-20(24-16(19)4)17-6-8-21-9-7-17/h6-9,12-13,15,22H,5,10-11H2,1-4H3. The average molecular weight is 350 g/mol. The molecule has 26 heavy (non-hydrogen) atoms. The summed E-state index contributed by atoms with van der Waals surface area (Å²) >= 11 is 0. The van der Waals surface area contributed by atoms with Gasteiger partial charge in [-0.2, -0.15) is 5.10 Å². The Hall–Kier alpha value is -2.60. The summed E-state index contributed by atoms with van der Waals surface area (Å²) in [5.74, 6) is 0.734. The van der Waals surface area contributed by atoms with Crippen LogP contribution >= 0.6 is 0 Å². The Kier molecular flexibility index (Phi) is 5.73. The number of aromatic nitrogens is 5. The zero-order valence-corrected chi connectivity index (χ0v) is 15.9. The molecule has 3 rings (SSSR count). The molecule has 0 saturated carbocycles. The maximum absolute atomic E-state index is 4.67. The average Bonchev–Trinajstić information content (AvgIpc) is 3.00. The van der Waals surface area contributed by atoms with E-state index >= 15 is 0 Å². The maximum atomic E-state index is 4.67. The van der Waals surface area contributed by atoms with Crippen LogP contribution in [0.2, 0.25) is 0 Å². The van der Waals surface area contributed by atoms with E-state index in [1.165, 1.54) is 5.56 Å². The third kappa shape index (κ3) is 4.14. The lowest BCUT2D eigenvalue weighted by Crippen LogP contribution is -2.20. The highest BCUT2D eigenvalue weighted by Gasteiger charge is 2.13. The van der Waals surface area contributed by atoms with Gasteiger partial charge in [-0.05, 0) is 39.3 Å². The first-order chi connectivity index (χ1) is 12.6. The van der Waals surface area contributed by atoms with Gasteiger partial charge < -0.3 is 5.32 Å². The molecule has 0 aliphatic carbocycles. The molecule has 1 atom stereocenters. The van der Waals surface area contributed by atoms with E-state index in [-0.39, 0.29) is 6.04 Å². The van der Waals surface area contributed by atoms with Crippen LogP contribution in [0.25, 0.3) is 11.4 Å². The zero-order valence-electron chi connectivity index (χ0n) is 15.9. The quantitative estimate of drug-likeness (QED) is 0.705. The molecule has 6 heteroatoms. The van der Waals surface area contributed by atoms with E-state index in [1.807, 2.05) is 29.9 Å². The van der Waals surface area contributed by atoms with Gasteiger partial charge in [-0.15, -0.1) is 0 Å². The van der Waals surface area contributed by atoms with Gasteiger partial charge >= 0.3 is 0 Å². The van der Waals surface area contributed by atoms with Crippen LogP contribution in [-0.2, 0) is 13.1 Å². The highest BCUT2D eigenvalue weighted by Crippen LogP contribution is 2.20. The fraction of sp³-hybridized carbons (Fsp3) is 0.400. The van der Waals surface area contributed by atoms with Crippen molar-refractivity contribution in [1.82, 2.24) is 30.0 Å². The first-order valence-corrected chi connectivity index (χ1v) is 9.08. The molecule has 0 bridgehead atoms. The molecule has 0 aliphatic rings. The molecule has 3 aromatic heterocycles. The van der Waals surface area contributed by atoms with Gasteiger partial charge in [0, 0.05) is 66.3 Å². The minimum Gasteiger partial charge on any atom is -0.306 e. The van der Waals surface area contributed by atoms with E-state index in [0.717, 1.165) is 47.8 Å². The zero-order chi connectivity index (χ0) is 18.5. The molecule has 0 aliphatic heterocycles. The topological polar surface area (TPSA) is 68.5 Å². The second-order valence-electron chi connectivity index (χ2n) is 6.58. The van der Waals surface area contributed by atoms with Crippen LogP contribution in [0.3, 0.4) is 0 Å². The molecule has 1 N–H and O–H groups in total. The summed E-state index contributed by atoms with van der Waals surface area (Å²) in [5.41, 5.74) is 5.40. The lowest BCUT2D eigenvalue weighted by atomic mass is 10.1. The van der Waals surface area contributed by atoms with E-state index in [0.29, 0.717) is 0 Å². The summed E-state index contributed by atoms with van der Waals surface area (Å²) in [7, 11) is 0. The summed E-state index contributed by atoms with van der Waals surface area (Å²) in [6, 6.07) is 4.01. The summed E-state index contributed by atoms with van der Waals surface area (Å²) in [5, 5.41) is 8.13. The molecule has 6 nitrogen and oxygen atoms in total. The Labute approximate surface area is 154 Å². The summed E-state index contributed by atoms with van der Waals surface area (Å²) in [4.78, 5) is 13.2. The van der Waals surface area contributed by atoms with E-state index in [9.17, 15) is 0 Å². The van der Waals surface area contributed by atoms with Crippen molar-refractivity contribution in [2.45, 2.75) is 53.2 Å². The van der Waals surface area contributed by atoms with Crippen LogP contribution in [0.15, 0.2) is 36.9 Å². The number of hydrogen-bond acceptors (Lipinski definition) is 5. The fourth-order valence-corrected chi connectivity index (χ4v) is 2.99. The number of pyridine rings is 1. The van der Waals surface area contributed by atoms with Gasteiger partial charge in [0.1, 0.15) is 0 Å². The van der Waals surface area contributed by atoms with Crippen molar-refractivity contribution in [3.05, 3.63) is 59.4 Å². The molecule has 1 unspecified atom stereocenters. The second kappa shape index (κ2) is 8.19. The fourth-order valence-electron chi connectivity index (χ4n) is 2.99. The minimum atomic E-state index is 0.162. The van der Waals surface area contributed by atoms with Crippen molar-refractivity contribution in [2.75, 3.05) is 0 Å². The van der Waals surface area contributed by atoms with E-state index < -0.39 is 0 Å². The molecular weight excluding hydrogens is 324 g/mol. The van der Waals surface area contributed by atoms with Gasteiger partial charge in [-0.1, -0.05) is 6.92 Å². The van der Waals surface area contributed by atoms with Crippen molar-refractivity contribution >= 4 is 0 Å². The number of rotatable bonds is 7. The third-order valence-corrected chi connectivity index (χ3v) is 4.52. The molecule has 0 saturated heterocycles. The van der Waals surface area contributed by atoms with Crippen LogP contribution in [0.4, 0.5) is 0 Å². The van der Waals surface area contributed by atoms with Crippen LogP contribution in [0, 0.1) is 13.8 Å². The van der Waals surface area contributed by atoms with E-state index in [1.54, 1.807) is 12.4 Å². The van der Waals surface area contributed by atoms with Crippen molar-refractivity contribution in [3.8, 4) is 11.4 Å². The van der Waals surface area contributed by atoms with Gasteiger partial charge in [-0.3, -0.25) is 9.67 Å². The number of hydrogen-bond donors (Lipinski definition) is 1. The normalized spacial score (nSPS) is 12.3. The van der Waals surface area contributed by atoms with E-state index in [4.69, 9.17) is 0 Å². The summed E-state index contributed by atoms with van der Waals surface area (Å²) in [6.45, 7) is 10.1. The van der Waals surface area contributed by atoms with Gasteiger partial charge in [-0.25, -0.2) is 9.97 Å². The Morgan fingerprint density at radius 1 is 1.15 bits per heavy atom. The Bertz CT molecular complexity index is 856. The first-order valence-electron chi connectivity index (χ1n) is 9.08. The first kappa shape index (κ1) is 18.2. The summed E-state index contributed by atoms with van der Waals surface area (Å²) in [6.07, 6.45) is 8.66. The number of aryl methyl sites for hydroxylation is 3. The molecule has 0 amide bonds. The lowest BCUT2D eigenvalue weighted by molar-refractivity contribution is 0.565. The van der Waals surface area contributed by atoms with Gasteiger partial charge in [0.25, 0.3) is 0 Å². The monoisotopic (exact) mass is 350 g/mol. The van der Waals surface area contributed by atoms with Gasteiger partial charge in [0.05, 0.1) is 5.69 Å². The number of nitrogens with one attached hydrogen (secondary N) is 1. The van der Waals surface area contributed by atoms with Crippen molar-refractivity contribution in [1.29, 1.82) is 0 Å². The van der Waals surface area contributed by atoms with Crippen molar-refractivity contribution < 1.29 is 0 Å². The van der Waals surface area contributed by atoms with Crippen LogP contribution in [0.1, 0.15) is 48.8 Å². The predicted octanol–water partition coefficient (Wildman–Crippen LogP) is 3.61. The molecule has 0 aromatic carbocycles. The molecule has 3 aromatic rings. The smallest absolute Gasteiger partial charge is 0.159 e. The molecule has 3 heterocycles. The van der Waals surface area contributed by atoms with Crippen molar-refractivity contribution in [3.63, 3.8) is 0 Å². The van der Waals surface area contributed by atoms with Crippen molar-refractivity contribution in [2.24, 2.45) is 0 Å². The molecule has 0 spiro atoms. The maximum Gasteiger partial charge on any atom is 0.159 e. The predicted molar refractivity (Wildman–Crippen MR) is 103 cm³/mol. The largest absolute Gasteiger partial charge is 0.306 e. The Balaban J connectivity index is 1.69. The Morgan fingerprint density at radius 2 is 1.92 bits per heavy atom. The second-order valence-corrected chi connectivity index (χ2v) is 6.58. The van der Waals surface area contributed by atoms with Gasteiger partial charge in [0.2, 0.25) is 0 Å². The molecule has 0 fully saturated rings.